The number of halogens is 4. The Morgan fingerprint density at radius 3 is 1.57 bits per heavy atom. The van der Waals surface area contributed by atoms with Crippen molar-refractivity contribution < 1.29 is 17.6 Å². The van der Waals surface area contributed by atoms with Crippen LogP contribution in [0.4, 0.5) is 17.6 Å². The van der Waals surface area contributed by atoms with Crippen molar-refractivity contribution in [1.29, 1.82) is 10.5 Å². The molecule has 0 atom stereocenters. The highest BCUT2D eigenvalue weighted by molar-refractivity contribution is 6.21. The van der Waals surface area contributed by atoms with Crippen LogP contribution in [0.5, 0.6) is 0 Å². The van der Waals surface area contributed by atoms with Crippen LogP contribution >= 0.6 is 0 Å². The SMILES string of the molecule is N#CN=c1c2cc(F)ccc2c2cc3c(=NC#N)c4cc(-c5ccc(C(F)(F)F)cc5)ccc4c3cc12. The van der Waals surface area contributed by atoms with E-state index < -0.39 is 17.6 Å². The van der Waals surface area contributed by atoms with Crippen molar-refractivity contribution in [2.75, 3.05) is 0 Å². The predicted octanol–water partition coefficient (Wildman–Crippen LogP) is 6.76. The first-order valence-corrected chi connectivity index (χ1v) is 11.0. The van der Waals surface area contributed by atoms with Gasteiger partial charge in [-0.25, -0.2) is 4.39 Å². The summed E-state index contributed by atoms with van der Waals surface area (Å²) in [6.45, 7) is 0. The zero-order chi connectivity index (χ0) is 25.9. The number of rotatable bonds is 1. The molecular formula is C29H12F4N4. The van der Waals surface area contributed by atoms with Crippen LogP contribution in [0.3, 0.4) is 0 Å². The van der Waals surface area contributed by atoms with Crippen molar-refractivity contribution in [2.45, 2.75) is 6.18 Å². The maximum absolute atomic E-state index is 14.0. The van der Waals surface area contributed by atoms with Crippen molar-refractivity contribution in [1.82, 2.24) is 0 Å². The number of hydrogen-bond donors (Lipinski definition) is 0. The van der Waals surface area contributed by atoms with Gasteiger partial charge in [0, 0.05) is 21.5 Å². The largest absolute Gasteiger partial charge is 0.416 e. The van der Waals surface area contributed by atoms with E-state index in [9.17, 15) is 28.1 Å². The van der Waals surface area contributed by atoms with Crippen LogP contribution in [-0.4, -0.2) is 0 Å². The molecule has 0 saturated carbocycles. The monoisotopic (exact) mass is 492 g/mol. The third-order valence-corrected chi connectivity index (χ3v) is 6.63. The number of hydrogen-bond acceptors (Lipinski definition) is 4. The Morgan fingerprint density at radius 1 is 0.541 bits per heavy atom. The minimum absolute atomic E-state index is 0.364. The van der Waals surface area contributed by atoms with E-state index in [0.717, 1.165) is 28.3 Å². The molecule has 6 aromatic carbocycles. The summed E-state index contributed by atoms with van der Waals surface area (Å²) < 4.78 is 53.0. The lowest BCUT2D eigenvalue weighted by molar-refractivity contribution is -0.137. The number of nitrogens with zero attached hydrogens (tertiary/aromatic N) is 4. The second-order valence-electron chi connectivity index (χ2n) is 8.59. The van der Waals surface area contributed by atoms with Crippen molar-refractivity contribution in [2.24, 2.45) is 9.98 Å². The standard InChI is InChI=1S/C29H12F4N4/c30-18-6-8-20-22-12-25-21(11-26(22)28(37-14-35)24(20)10-18)19-7-3-16(9-23(19)27(25)36-13-34)15-1-4-17(5-2-15)29(31,32)33/h1-12H. The highest BCUT2D eigenvalue weighted by Gasteiger charge is 2.30. The Hall–Kier alpha value is -5.08. The van der Waals surface area contributed by atoms with Crippen molar-refractivity contribution >= 4 is 43.1 Å². The van der Waals surface area contributed by atoms with E-state index in [4.69, 9.17) is 0 Å². The number of benzene rings is 4. The molecule has 0 aliphatic heterocycles. The zero-order valence-corrected chi connectivity index (χ0v) is 18.7. The van der Waals surface area contributed by atoms with Crippen LogP contribution in [0.15, 0.2) is 82.8 Å². The first kappa shape index (κ1) is 22.4. The van der Waals surface area contributed by atoms with E-state index in [1.807, 2.05) is 24.4 Å². The van der Waals surface area contributed by atoms with Gasteiger partial charge in [0.25, 0.3) is 0 Å². The lowest BCUT2D eigenvalue weighted by atomic mass is 10.0. The fourth-order valence-electron chi connectivity index (χ4n) is 5.02. The van der Waals surface area contributed by atoms with Gasteiger partial charge in [0.15, 0.2) is 0 Å². The van der Waals surface area contributed by atoms with E-state index in [-0.39, 0.29) is 0 Å². The summed E-state index contributed by atoms with van der Waals surface area (Å²) in [6.07, 6.45) is -0.789. The second kappa shape index (κ2) is 7.97. The summed E-state index contributed by atoms with van der Waals surface area (Å²) in [5.74, 6) is -0.447. The van der Waals surface area contributed by atoms with E-state index in [0.29, 0.717) is 48.8 Å². The molecule has 4 nitrogen and oxygen atoms in total. The molecular weight excluding hydrogens is 480 g/mol. The van der Waals surface area contributed by atoms with Crippen LogP contribution in [0, 0.1) is 28.7 Å². The van der Waals surface area contributed by atoms with Gasteiger partial charge in [0.2, 0.25) is 12.4 Å². The van der Waals surface area contributed by atoms with Crippen LogP contribution in [0.25, 0.3) is 54.2 Å². The van der Waals surface area contributed by atoms with Crippen LogP contribution in [-0.2, 0) is 6.18 Å². The van der Waals surface area contributed by atoms with Gasteiger partial charge in [-0.1, -0.05) is 30.3 Å². The Labute approximate surface area is 206 Å². The van der Waals surface area contributed by atoms with Crippen molar-refractivity contribution in [3.63, 3.8) is 0 Å². The molecule has 0 spiro atoms. The van der Waals surface area contributed by atoms with E-state index >= 15 is 0 Å². The van der Waals surface area contributed by atoms with Gasteiger partial charge in [0.1, 0.15) is 5.82 Å². The highest BCUT2D eigenvalue weighted by atomic mass is 19.4. The Morgan fingerprint density at radius 2 is 1.03 bits per heavy atom. The molecule has 0 N–H and O–H groups in total. The minimum Gasteiger partial charge on any atom is -0.207 e. The molecule has 0 aliphatic rings. The molecule has 0 amide bonds. The topological polar surface area (TPSA) is 72.3 Å². The van der Waals surface area contributed by atoms with E-state index in [1.165, 1.54) is 24.3 Å². The number of fused-ring (bicyclic) bond motifs is 6. The third kappa shape index (κ3) is 3.42. The van der Waals surface area contributed by atoms with Gasteiger partial charge in [-0.2, -0.15) is 33.7 Å². The predicted molar refractivity (Wildman–Crippen MR) is 132 cm³/mol. The average molecular weight is 492 g/mol. The van der Waals surface area contributed by atoms with Crippen molar-refractivity contribution in [3.8, 4) is 23.5 Å². The zero-order valence-electron chi connectivity index (χ0n) is 18.7. The quantitative estimate of drug-likeness (QED) is 0.188. The molecule has 6 rings (SSSR count). The minimum atomic E-state index is -4.43. The summed E-state index contributed by atoms with van der Waals surface area (Å²) >= 11 is 0. The Bertz CT molecular complexity index is 2100. The summed E-state index contributed by atoms with van der Waals surface area (Å²) in [4.78, 5) is 8.02. The van der Waals surface area contributed by atoms with E-state index in [2.05, 4.69) is 9.98 Å². The van der Waals surface area contributed by atoms with Crippen molar-refractivity contribution in [3.05, 3.63) is 94.9 Å². The fraction of sp³-hybridized carbons (Fsp3) is 0.0345. The van der Waals surface area contributed by atoms with Crippen LogP contribution < -0.4 is 10.7 Å². The molecule has 0 heterocycles. The summed E-state index contributed by atoms with van der Waals surface area (Å²) in [6, 6.07) is 18.3. The molecule has 0 unspecified atom stereocenters. The molecule has 0 saturated heterocycles. The normalized spacial score (nSPS) is 13.1. The highest BCUT2D eigenvalue weighted by Crippen LogP contribution is 2.35. The van der Waals surface area contributed by atoms with Gasteiger partial charge in [-0.15, -0.1) is 0 Å². The van der Waals surface area contributed by atoms with Gasteiger partial charge in [0.05, 0.1) is 16.3 Å². The average Bonchev–Trinajstić information content (AvgIpc) is 3.34. The lowest BCUT2D eigenvalue weighted by Crippen LogP contribution is -2.04. The first-order chi connectivity index (χ1) is 17.8. The number of nitriles is 2. The molecule has 6 aromatic rings. The molecule has 176 valence electrons. The van der Waals surface area contributed by atoms with E-state index in [1.54, 1.807) is 24.4 Å². The molecule has 0 aliphatic carbocycles. The molecule has 8 heteroatoms. The van der Waals surface area contributed by atoms with Gasteiger partial charge < -0.3 is 0 Å². The Kier molecular flexibility index (Phi) is 4.82. The molecule has 0 radical (unpaired) electrons. The molecule has 37 heavy (non-hydrogen) atoms. The lowest BCUT2D eigenvalue weighted by Gasteiger charge is -2.08. The maximum Gasteiger partial charge on any atom is 0.416 e. The maximum atomic E-state index is 14.0. The summed E-state index contributed by atoms with van der Waals surface area (Å²) in [5.41, 5.74) is 0.525. The van der Waals surface area contributed by atoms with Gasteiger partial charge in [-0.05, 0) is 75.1 Å². The van der Waals surface area contributed by atoms with Gasteiger partial charge in [-0.3, -0.25) is 0 Å². The first-order valence-electron chi connectivity index (χ1n) is 11.0. The van der Waals surface area contributed by atoms with Crippen LogP contribution in [0.1, 0.15) is 5.56 Å². The molecule has 0 bridgehead atoms. The summed E-state index contributed by atoms with van der Waals surface area (Å²) in [5, 5.41) is 25.0. The fourth-order valence-corrected chi connectivity index (χ4v) is 5.02. The number of alkyl halides is 3. The summed E-state index contributed by atoms with van der Waals surface area (Å²) in [7, 11) is 0. The van der Waals surface area contributed by atoms with Gasteiger partial charge >= 0.3 is 6.18 Å². The Balaban J connectivity index is 1.67. The third-order valence-electron chi connectivity index (χ3n) is 6.63. The van der Waals surface area contributed by atoms with Crippen LogP contribution in [0.2, 0.25) is 0 Å². The second-order valence-corrected chi connectivity index (χ2v) is 8.59. The smallest absolute Gasteiger partial charge is 0.207 e. The molecule has 0 fully saturated rings. The molecule has 0 aromatic heterocycles.